The molecule has 1 fully saturated rings. The zero-order valence-corrected chi connectivity index (χ0v) is 13.0. The number of carbonyl (C=O) groups is 2. The second-order valence-corrected chi connectivity index (χ2v) is 6.60. The number of fused-ring (bicyclic) bond motifs is 2. The zero-order valence-electron chi connectivity index (χ0n) is 13.0. The SMILES string of the molecule is CC(C)C(=O)Nc1ccc(NC(=O)[C@@H]2C[C@H]3C=C[C@H]2C3)cc1. The lowest BCUT2D eigenvalue weighted by Crippen LogP contribution is -2.25. The van der Waals surface area contributed by atoms with Crippen LogP contribution in [0.4, 0.5) is 11.4 Å². The van der Waals surface area contributed by atoms with Crippen molar-refractivity contribution in [3.8, 4) is 0 Å². The Bertz CT molecular complexity index is 604. The normalized spacial score (nSPS) is 25.5. The van der Waals surface area contributed by atoms with Gasteiger partial charge in [-0.15, -0.1) is 0 Å². The molecule has 4 nitrogen and oxygen atoms in total. The van der Waals surface area contributed by atoms with E-state index in [2.05, 4.69) is 22.8 Å². The molecule has 4 heteroatoms. The van der Waals surface area contributed by atoms with Crippen LogP contribution < -0.4 is 10.6 Å². The van der Waals surface area contributed by atoms with Crippen molar-refractivity contribution in [1.82, 2.24) is 0 Å². The second-order valence-electron chi connectivity index (χ2n) is 6.60. The van der Waals surface area contributed by atoms with Crippen molar-refractivity contribution in [1.29, 1.82) is 0 Å². The van der Waals surface area contributed by atoms with Crippen LogP contribution in [0.2, 0.25) is 0 Å². The van der Waals surface area contributed by atoms with Gasteiger partial charge in [0.05, 0.1) is 0 Å². The van der Waals surface area contributed by atoms with E-state index in [-0.39, 0.29) is 23.7 Å². The van der Waals surface area contributed by atoms with Crippen LogP contribution in [0.5, 0.6) is 0 Å². The predicted molar refractivity (Wildman–Crippen MR) is 87.4 cm³/mol. The fourth-order valence-electron chi connectivity index (χ4n) is 3.24. The third-order valence-corrected chi connectivity index (χ3v) is 4.56. The van der Waals surface area contributed by atoms with Gasteiger partial charge >= 0.3 is 0 Å². The molecule has 0 aliphatic heterocycles. The number of carbonyl (C=O) groups excluding carboxylic acids is 2. The summed E-state index contributed by atoms with van der Waals surface area (Å²) in [6.07, 6.45) is 6.51. The van der Waals surface area contributed by atoms with Gasteiger partial charge in [-0.2, -0.15) is 0 Å². The van der Waals surface area contributed by atoms with E-state index in [1.807, 2.05) is 38.1 Å². The van der Waals surface area contributed by atoms with Crippen LogP contribution >= 0.6 is 0 Å². The van der Waals surface area contributed by atoms with E-state index in [4.69, 9.17) is 0 Å². The summed E-state index contributed by atoms with van der Waals surface area (Å²) in [5.41, 5.74) is 1.53. The maximum Gasteiger partial charge on any atom is 0.228 e. The van der Waals surface area contributed by atoms with Gasteiger partial charge in [-0.3, -0.25) is 9.59 Å². The number of nitrogens with one attached hydrogen (secondary N) is 2. The molecule has 0 aromatic heterocycles. The number of hydrogen-bond donors (Lipinski definition) is 2. The van der Waals surface area contributed by atoms with E-state index < -0.39 is 0 Å². The monoisotopic (exact) mass is 298 g/mol. The Hall–Kier alpha value is -2.10. The molecule has 0 radical (unpaired) electrons. The number of rotatable bonds is 4. The standard InChI is InChI=1S/C18H22N2O2/c1-11(2)17(21)19-14-5-7-15(8-6-14)20-18(22)16-10-12-3-4-13(16)9-12/h3-8,11-13,16H,9-10H2,1-2H3,(H,19,21)(H,20,22)/t12-,13-,16+/m0/s1. The van der Waals surface area contributed by atoms with Crippen molar-refractivity contribution in [2.24, 2.45) is 23.7 Å². The summed E-state index contributed by atoms with van der Waals surface area (Å²) in [4.78, 5) is 24.0. The smallest absolute Gasteiger partial charge is 0.228 e. The maximum absolute atomic E-state index is 12.3. The molecule has 22 heavy (non-hydrogen) atoms. The molecule has 2 bridgehead atoms. The fourth-order valence-corrected chi connectivity index (χ4v) is 3.24. The molecule has 2 N–H and O–H groups in total. The Morgan fingerprint density at radius 1 is 1.00 bits per heavy atom. The summed E-state index contributed by atoms with van der Waals surface area (Å²) < 4.78 is 0. The lowest BCUT2D eigenvalue weighted by molar-refractivity contribution is -0.120. The van der Waals surface area contributed by atoms with Crippen LogP contribution in [0, 0.1) is 23.7 Å². The lowest BCUT2D eigenvalue weighted by atomic mass is 9.93. The molecule has 1 aromatic rings. The number of amides is 2. The van der Waals surface area contributed by atoms with Crippen LogP contribution in [0.1, 0.15) is 26.7 Å². The highest BCUT2D eigenvalue weighted by Gasteiger charge is 2.39. The molecule has 2 aliphatic rings. The Labute approximate surface area is 131 Å². The van der Waals surface area contributed by atoms with Gasteiger partial charge in [0.15, 0.2) is 0 Å². The number of allylic oxidation sites excluding steroid dienone is 2. The molecule has 3 atom stereocenters. The molecular formula is C18H22N2O2. The Morgan fingerprint density at radius 2 is 1.64 bits per heavy atom. The van der Waals surface area contributed by atoms with E-state index in [1.165, 1.54) is 0 Å². The number of anilines is 2. The molecule has 1 aromatic carbocycles. The van der Waals surface area contributed by atoms with E-state index in [0.717, 1.165) is 24.2 Å². The molecule has 0 unspecified atom stereocenters. The number of benzene rings is 1. The highest BCUT2D eigenvalue weighted by Crippen LogP contribution is 2.43. The van der Waals surface area contributed by atoms with Crippen molar-refractivity contribution in [2.45, 2.75) is 26.7 Å². The van der Waals surface area contributed by atoms with Crippen molar-refractivity contribution < 1.29 is 9.59 Å². The Morgan fingerprint density at radius 3 is 2.14 bits per heavy atom. The van der Waals surface area contributed by atoms with Gasteiger partial charge in [-0.1, -0.05) is 26.0 Å². The van der Waals surface area contributed by atoms with Crippen molar-refractivity contribution in [2.75, 3.05) is 10.6 Å². The third-order valence-electron chi connectivity index (χ3n) is 4.56. The highest BCUT2D eigenvalue weighted by atomic mass is 16.2. The highest BCUT2D eigenvalue weighted by molar-refractivity contribution is 5.94. The quantitative estimate of drug-likeness (QED) is 0.837. The van der Waals surface area contributed by atoms with Crippen LogP contribution in [0.3, 0.4) is 0 Å². The van der Waals surface area contributed by atoms with E-state index in [0.29, 0.717) is 11.8 Å². The lowest BCUT2D eigenvalue weighted by Gasteiger charge is -2.17. The Balaban J connectivity index is 1.58. The molecule has 2 aliphatic carbocycles. The molecule has 1 saturated carbocycles. The summed E-state index contributed by atoms with van der Waals surface area (Å²) in [5, 5.41) is 5.82. The van der Waals surface area contributed by atoms with E-state index in [9.17, 15) is 9.59 Å². The summed E-state index contributed by atoms with van der Waals surface area (Å²) in [5.74, 6) is 1.16. The van der Waals surface area contributed by atoms with E-state index >= 15 is 0 Å². The molecule has 2 amide bonds. The molecule has 0 spiro atoms. The zero-order chi connectivity index (χ0) is 15.7. The number of hydrogen-bond acceptors (Lipinski definition) is 2. The van der Waals surface area contributed by atoms with E-state index in [1.54, 1.807) is 0 Å². The Kier molecular flexibility index (Phi) is 4.01. The van der Waals surface area contributed by atoms with Gasteiger partial charge in [0, 0.05) is 23.2 Å². The van der Waals surface area contributed by atoms with Crippen LogP contribution in [0.25, 0.3) is 0 Å². The molecule has 3 rings (SSSR count). The minimum atomic E-state index is -0.0507. The first-order valence-corrected chi connectivity index (χ1v) is 7.93. The average Bonchev–Trinajstić information content (AvgIpc) is 3.12. The predicted octanol–water partition coefficient (Wildman–Crippen LogP) is 3.43. The second kappa shape index (κ2) is 5.95. The van der Waals surface area contributed by atoms with Crippen LogP contribution in [-0.2, 0) is 9.59 Å². The summed E-state index contributed by atoms with van der Waals surface area (Å²) in [7, 11) is 0. The topological polar surface area (TPSA) is 58.2 Å². The summed E-state index contributed by atoms with van der Waals surface area (Å²) in [6, 6.07) is 7.29. The van der Waals surface area contributed by atoms with Gasteiger partial charge < -0.3 is 10.6 Å². The van der Waals surface area contributed by atoms with Gasteiger partial charge in [0.1, 0.15) is 0 Å². The van der Waals surface area contributed by atoms with Crippen molar-refractivity contribution in [3.05, 3.63) is 36.4 Å². The summed E-state index contributed by atoms with van der Waals surface area (Å²) >= 11 is 0. The first-order valence-electron chi connectivity index (χ1n) is 7.93. The molecule has 0 saturated heterocycles. The minimum absolute atomic E-state index is 0.00875. The van der Waals surface area contributed by atoms with Gasteiger partial charge in [0.25, 0.3) is 0 Å². The average molecular weight is 298 g/mol. The van der Waals surface area contributed by atoms with Gasteiger partial charge in [-0.25, -0.2) is 0 Å². The van der Waals surface area contributed by atoms with Crippen molar-refractivity contribution >= 4 is 23.2 Å². The largest absolute Gasteiger partial charge is 0.326 e. The van der Waals surface area contributed by atoms with Crippen LogP contribution in [0.15, 0.2) is 36.4 Å². The van der Waals surface area contributed by atoms with Crippen LogP contribution in [-0.4, -0.2) is 11.8 Å². The van der Waals surface area contributed by atoms with Crippen molar-refractivity contribution in [3.63, 3.8) is 0 Å². The van der Waals surface area contributed by atoms with Gasteiger partial charge in [-0.05, 0) is 48.9 Å². The first kappa shape index (κ1) is 14.8. The first-order chi connectivity index (χ1) is 10.5. The molecule has 116 valence electrons. The molecular weight excluding hydrogens is 276 g/mol. The minimum Gasteiger partial charge on any atom is -0.326 e. The van der Waals surface area contributed by atoms with Gasteiger partial charge in [0.2, 0.25) is 11.8 Å². The fraction of sp³-hybridized carbons (Fsp3) is 0.444. The maximum atomic E-state index is 12.3. The third kappa shape index (κ3) is 3.06. The summed E-state index contributed by atoms with van der Waals surface area (Å²) in [6.45, 7) is 3.71. The molecule has 0 heterocycles.